The third kappa shape index (κ3) is 1.37. The predicted molar refractivity (Wildman–Crippen MR) is 47.0 cm³/mol. The van der Waals surface area contributed by atoms with E-state index in [-0.39, 0.29) is 0 Å². The van der Waals surface area contributed by atoms with Gasteiger partial charge in [0.1, 0.15) is 6.10 Å². The molecule has 68 valence electrons. The number of aliphatic hydroxyl groups is 1. The molecule has 1 aromatic rings. The van der Waals surface area contributed by atoms with E-state index in [1.165, 1.54) is 0 Å². The van der Waals surface area contributed by atoms with E-state index in [1.54, 1.807) is 12.2 Å². The summed E-state index contributed by atoms with van der Waals surface area (Å²) in [5.74, 6) is 0. The van der Waals surface area contributed by atoms with E-state index in [0.29, 0.717) is 0 Å². The first kappa shape index (κ1) is 8.44. The van der Waals surface area contributed by atoms with Crippen molar-refractivity contribution >= 4 is 0 Å². The Bertz CT molecular complexity index is 333. The molecule has 0 fully saturated rings. The highest BCUT2D eigenvalue weighted by Crippen LogP contribution is 2.32. The SMILES string of the molecule is OOC1C=CC(O)c2ccccc21. The molecule has 0 heterocycles. The molecular weight excluding hydrogens is 168 g/mol. The molecule has 3 heteroatoms. The molecule has 0 bridgehead atoms. The Morgan fingerprint density at radius 3 is 2.46 bits per heavy atom. The van der Waals surface area contributed by atoms with Crippen LogP contribution in [0.4, 0.5) is 0 Å². The van der Waals surface area contributed by atoms with Crippen LogP contribution >= 0.6 is 0 Å². The molecule has 0 spiro atoms. The Morgan fingerprint density at radius 2 is 1.77 bits per heavy atom. The van der Waals surface area contributed by atoms with Crippen molar-refractivity contribution in [1.29, 1.82) is 0 Å². The molecule has 0 saturated carbocycles. The van der Waals surface area contributed by atoms with Gasteiger partial charge in [0.25, 0.3) is 0 Å². The Labute approximate surface area is 75.8 Å². The van der Waals surface area contributed by atoms with Crippen molar-refractivity contribution in [1.82, 2.24) is 0 Å². The van der Waals surface area contributed by atoms with Crippen LogP contribution in [-0.4, -0.2) is 10.4 Å². The van der Waals surface area contributed by atoms with Gasteiger partial charge >= 0.3 is 0 Å². The lowest BCUT2D eigenvalue weighted by Crippen LogP contribution is -2.10. The zero-order valence-corrected chi connectivity index (χ0v) is 6.92. The van der Waals surface area contributed by atoms with Crippen LogP contribution in [0.25, 0.3) is 0 Å². The number of hydrogen-bond acceptors (Lipinski definition) is 3. The van der Waals surface area contributed by atoms with Crippen LogP contribution < -0.4 is 0 Å². The summed E-state index contributed by atoms with van der Waals surface area (Å²) in [4.78, 5) is 4.27. The van der Waals surface area contributed by atoms with E-state index in [9.17, 15) is 5.11 Å². The van der Waals surface area contributed by atoms with E-state index in [0.717, 1.165) is 11.1 Å². The van der Waals surface area contributed by atoms with Crippen molar-refractivity contribution in [3.8, 4) is 0 Å². The highest BCUT2D eigenvalue weighted by Gasteiger charge is 2.20. The van der Waals surface area contributed by atoms with Crippen LogP contribution in [-0.2, 0) is 4.89 Å². The van der Waals surface area contributed by atoms with Crippen LogP contribution in [0, 0.1) is 0 Å². The summed E-state index contributed by atoms with van der Waals surface area (Å²) in [6.45, 7) is 0. The molecule has 0 aromatic heterocycles. The van der Waals surface area contributed by atoms with Crippen LogP contribution in [0.2, 0.25) is 0 Å². The summed E-state index contributed by atoms with van der Waals surface area (Å²) in [6.07, 6.45) is 2.18. The molecule has 2 N–H and O–H groups in total. The fourth-order valence-electron chi connectivity index (χ4n) is 1.54. The van der Waals surface area contributed by atoms with Gasteiger partial charge < -0.3 is 5.11 Å². The second kappa shape index (κ2) is 3.30. The average molecular weight is 178 g/mol. The normalized spacial score (nSPS) is 25.7. The van der Waals surface area contributed by atoms with Crippen molar-refractivity contribution < 1.29 is 15.3 Å². The van der Waals surface area contributed by atoms with Crippen LogP contribution in [0.3, 0.4) is 0 Å². The van der Waals surface area contributed by atoms with E-state index in [4.69, 9.17) is 5.26 Å². The quantitative estimate of drug-likeness (QED) is 0.392. The molecule has 3 nitrogen and oxygen atoms in total. The zero-order valence-electron chi connectivity index (χ0n) is 6.92. The maximum Gasteiger partial charge on any atom is 0.136 e. The number of benzene rings is 1. The second-order valence-electron chi connectivity index (χ2n) is 2.98. The van der Waals surface area contributed by atoms with Crippen molar-refractivity contribution in [3.05, 3.63) is 47.5 Å². The van der Waals surface area contributed by atoms with E-state index >= 15 is 0 Å². The molecule has 0 aliphatic heterocycles. The first-order chi connectivity index (χ1) is 6.33. The molecule has 1 aromatic carbocycles. The summed E-state index contributed by atoms with van der Waals surface area (Å²) in [7, 11) is 0. The van der Waals surface area contributed by atoms with Crippen molar-refractivity contribution in [2.45, 2.75) is 12.2 Å². The molecule has 1 aliphatic carbocycles. The van der Waals surface area contributed by atoms with Gasteiger partial charge in [-0.1, -0.05) is 30.3 Å². The average Bonchev–Trinajstić information content (AvgIpc) is 2.19. The third-order valence-electron chi connectivity index (χ3n) is 2.20. The number of fused-ring (bicyclic) bond motifs is 1. The van der Waals surface area contributed by atoms with Gasteiger partial charge in [0.2, 0.25) is 0 Å². The van der Waals surface area contributed by atoms with Gasteiger partial charge in [-0.15, -0.1) is 0 Å². The number of aliphatic hydroxyl groups excluding tert-OH is 1. The molecule has 2 atom stereocenters. The van der Waals surface area contributed by atoms with Crippen LogP contribution in [0.1, 0.15) is 23.3 Å². The summed E-state index contributed by atoms with van der Waals surface area (Å²) in [5.41, 5.74) is 1.59. The van der Waals surface area contributed by atoms with Crippen LogP contribution in [0.15, 0.2) is 36.4 Å². The molecule has 0 radical (unpaired) electrons. The topological polar surface area (TPSA) is 49.7 Å². The number of rotatable bonds is 1. The Hall–Kier alpha value is -1.16. The predicted octanol–water partition coefficient (Wildman–Crippen LogP) is 1.82. The fourth-order valence-corrected chi connectivity index (χ4v) is 1.54. The maximum atomic E-state index is 9.55. The molecule has 0 amide bonds. The monoisotopic (exact) mass is 178 g/mol. The van der Waals surface area contributed by atoms with Crippen molar-refractivity contribution in [2.24, 2.45) is 0 Å². The van der Waals surface area contributed by atoms with Gasteiger partial charge in [-0.25, -0.2) is 4.89 Å². The molecule has 13 heavy (non-hydrogen) atoms. The van der Waals surface area contributed by atoms with Crippen molar-refractivity contribution in [3.63, 3.8) is 0 Å². The first-order valence-electron chi connectivity index (χ1n) is 4.08. The van der Waals surface area contributed by atoms with Gasteiger partial charge in [-0.05, 0) is 17.2 Å². The number of hydrogen-bond donors (Lipinski definition) is 2. The minimum absolute atomic E-state index is 0.459. The highest BCUT2D eigenvalue weighted by atomic mass is 17.1. The van der Waals surface area contributed by atoms with Gasteiger partial charge in [-0.2, -0.15) is 0 Å². The fraction of sp³-hybridized carbons (Fsp3) is 0.200. The summed E-state index contributed by atoms with van der Waals surface area (Å²) in [5, 5.41) is 18.1. The maximum absolute atomic E-state index is 9.55. The largest absolute Gasteiger partial charge is 0.384 e. The summed E-state index contributed by atoms with van der Waals surface area (Å²) >= 11 is 0. The molecule has 1 aliphatic rings. The lowest BCUT2D eigenvalue weighted by atomic mass is 9.93. The summed E-state index contributed by atoms with van der Waals surface area (Å²) < 4.78 is 0. The highest BCUT2D eigenvalue weighted by molar-refractivity contribution is 5.38. The van der Waals surface area contributed by atoms with Gasteiger partial charge in [0.05, 0.1) is 6.10 Å². The Kier molecular flexibility index (Phi) is 2.14. The lowest BCUT2D eigenvalue weighted by Gasteiger charge is -2.21. The Morgan fingerprint density at radius 1 is 1.08 bits per heavy atom. The Balaban J connectivity index is 2.48. The van der Waals surface area contributed by atoms with Gasteiger partial charge in [-0.3, -0.25) is 5.26 Å². The molecular formula is C10H10O3. The van der Waals surface area contributed by atoms with Gasteiger partial charge in [0.15, 0.2) is 0 Å². The van der Waals surface area contributed by atoms with Gasteiger partial charge in [0, 0.05) is 0 Å². The van der Waals surface area contributed by atoms with Crippen molar-refractivity contribution in [2.75, 3.05) is 0 Å². The molecule has 0 saturated heterocycles. The molecule has 2 rings (SSSR count). The minimum Gasteiger partial charge on any atom is -0.384 e. The second-order valence-corrected chi connectivity index (χ2v) is 2.98. The first-order valence-corrected chi connectivity index (χ1v) is 4.08. The van der Waals surface area contributed by atoms with E-state index < -0.39 is 12.2 Å². The lowest BCUT2D eigenvalue weighted by molar-refractivity contribution is -0.269. The molecule has 2 unspecified atom stereocenters. The van der Waals surface area contributed by atoms with E-state index in [2.05, 4.69) is 4.89 Å². The third-order valence-corrected chi connectivity index (χ3v) is 2.20. The summed E-state index contributed by atoms with van der Waals surface area (Å²) in [6, 6.07) is 7.32. The van der Waals surface area contributed by atoms with Crippen LogP contribution in [0.5, 0.6) is 0 Å². The smallest absolute Gasteiger partial charge is 0.136 e. The standard InChI is InChI=1S/C10H10O3/c11-9-5-6-10(13-12)8-4-2-1-3-7(8)9/h1-6,9-12H. The zero-order chi connectivity index (χ0) is 9.26. The minimum atomic E-state index is -0.595. The van der Waals surface area contributed by atoms with E-state index in [1.807, 2.05) is 24.3 Å².